The van der Waals surface area contributed by atoms with Gasteiger partial charge in [-0.25, -0.2) is 8.78 Å². The fourth-order valence-corrected chi connectivity index (χ4v) is 1.84. The van der Waals surface area contributed by atoms with Crippen LogP contribution in [0.3, 0.4) is 0 Å². The molecule has 0 atom stereocenters. The molecule has 0 aliphatic carbocycles. The zero-order chi connectivity index (χ0) is 16.5. The molecule has 22 heavy (non-hydrogen) atoms. The number of hydrogen-bond acceptors (Lipinski definition) is 4. The van der Waals surface area contributed by atoms with E-state index in [1.165, 1.54) is 12.1 Å². The number of halogens is 2. The van der Waals surface area contributed by atoms with Crippen LogP contribution in [-0.2, 0) is 17.5 Å². The van der Waals surface area contributed by atoms with E-state index in [-0.39, 0.29) is 12.0 Å². The molecule has 0 saturated heterocycles. The summed E-state index contributed by atoms with van der Waals surface area (Å²) in [4.78, 5) is 4.41. The molecule has 0 aliphatic heterocycles. The standard InChI is InChI=1S/C16H21F2N3O/c1-15(2,3)14-20-13(21-22-14)16(4,5)19-9-10-6-7-11(17)8-12(10)18/h6-8,19H,9H2,1-5H3. The number of rotatable bonds is 4. The Hall–Kier alpha value is -1.82. The van der Waals surface area contributed by atoms with Crippen molar-refractivity contribution >= 4 is 0 Å². The predicted octanol–water partition coefficient (Wildman–Crippen LogP) is 3.67. The maximum atomic E-state index is 13.7. The van der Waals surface area contributed by atoms with Gasteiger partial charge in [-0.1, -0.05) is 32.0 Å². The van der Waals surface area contributed by atoms with Crippen LogP contribution in [0.5, 0.6) is 0 Å². The molecular weight excluding hydrogens is 288 g/mol. The molecule has 0 bridgehead atoms. The topological polar surface area (TPSA) is 51.0 Å². The lowest BCUT2D eigenvalue weighted by atomic mass is 9.97. The van der Waals surface area contributed by atoms with Crippen molar-refractivity contribution in [3.63, 3.8) is 0 Å². The van der Waals surface area contributed by atoms with E-state index in [4.69, 9.17) is 4.52 Å². The Morgan fingerprint density at radius 2 is 1.82 bits per heavy atom. The van der Waals surface area contributed by atoms with Gasteiger partial charge in [-0.15, -0.1) is 0 Å². The van der Waals surface area contributed by atoms with E-state index in [0.29, 0.717) is 17.3 Å². The Balaban J connectivity index is 2.12. The normalized spacial score (nSPS) is 12.7. The highest BCUT2D eigenvalue weighted by atomic mass is 19.1. The smallest absolute Gasteiger partial charge is 0.232 e. The summed E-state index contributed by atoms with van der Waals surface area (Å²) in [7, 11) is 0. The summed E-state index contributed by atoms with van der Waals surface area (Å²) in [5.41, 5.74) is -0.452. The molecular formula is C16H21F2N3O. The third kappa shape index (κ3) is 3.68. The third-order valence-corrected chi connectivity index (χ3v) is 3.36. The van der Waals surface area contributed by atoms with Crippen LogP contribution in [0.25, 0.3) is 0 Å². The van der Waals surface area contributed by atoms with E-state index in [1.54, 1.807) is 0 Å². The van der Waals surface area contributed by atoms with Crippen molar-refractivity contribution in [2.45, 2.75) is 52.1 Å². The van der Waals surface area contributed by atoms with Gasteiger partial charge in [0.25, 0.3) is 0 Å². The lowest BCUT2D eigenvalue weighted by molar-refractivity contribution is 0.304. The van der Waals surface area contributed by atoms with Gasteiger partial charge in [0, 0.05) is 23.6 Å². The van der Waals surface area contributed by atoms with Crippen LogP contribution in [-0.4, -0.2) is 10.1 Å². The van der Waals surface area contributed by atoms with Gasteiger partial charge in [0.2, 0.25) is 5.89 Å². The maximum absolute atomic E-state index is 13.7. The number of nitrogens with one attached hydrogen (secondary N) is 1. The Morgan fingerprint density at radius 3 is 2.36 bits per heavy atom. The van der Waals surface area contributed by atoms with Crippen LogP contribution in [0.1, 0.15) is 51.9 Å². The molecule has 0 saturated carbocycles. The molecule has 120 valence electrons. The number of hydrogen-bond donors (Lipinski definition) is 1. The fourth-order valence-electron chi connectivity index (χ4n) is 1.84. The Labute approximate surface area is 128 Å². The molecule has 0 radical (unpaired) electrons. The zero-order valence-electron chi connectivity index (χ0n) is 13.5. The van der Waals surface area contributed by atoms with Crippen molar-refractivity contribution in [3.8, 4) is 0 Å². The van der Waals surface area contributed by atoms with E-state index < -0.39 is 17.2 Å². The second-order valence-corrected chi connectivity index (χ2v) is 6.89. The fraction of sp³-hybridized carbons (Fsp3) is 0.500. The summed E-state index contributed by atoms with van der Waals surface area (Å²) >= 11 is 0. The second kappa shape index (κ2) is 5.76. The summed E-state index contributed by atoms with van der Waals surface area (Å²) in [5, 5.41) is 7.17. The minimum Gasteiger partial charge on any atom is -0.339 e. The lowest BCUT2D eigenvalue weighted by Gasteiger charge is -2.22. The van der Waals surface area contributed by atoms with E-state index >= 15 is 0 Å². The van der Waals surface area contributed by atoms with Gasteiger partial charge in [-0.2, -0.15) is 4.98 Å². The predicted molar refractivity (Wildman–Crippen MR) is 79.2 cm³/mol. The van der Waals surface area contributed by atoms with Crippen molar-refractivity contribution < 1.29 is 13.3 Å². The van der Waals surface area contributed by atoms with Crippen molar-refractivity contribution in [1.29, 1.82) is 0 Å². The highest BCUT2D eigenvalue weighted by Gasteiger charge is 2.29. The average molecular weight is 309 g/mol. The average Bonchev–Trinajstić information content (AvgIpc) is 2.87. The van der Waals surface area contributed by atoms with Crippen molar-refractivity contribution in [2.75, 3.05) is 0 Å². The van der Waals surface area contributed by atoms with E-state index in [0.717, 1.165) is 6.07 Å². The summed E-state index contributed by atoms with van der Waals surface area (Å²) in [5.74, 6) is -0.120. The van der Waals surface area contributed by atoms with Gasteiger partial charge < -0.3 is 9.84 Å². The molecule has 0 unspecified atom stereocenters. The molecule has 1 aromatic heterocycles. The molecule has 0 spiro atoms. The highest BCUT2D eigenvalue weighted by molar-refractivity contribution is 5.19. The van der Waals surface area contributed by atoms with Crippen LogP contribution < -0.4 is 5.32 Å². The zero-order valence-corrected chi connectivity index (χ0v) is 13.5. The van der Waals surface area contributed by atoms with Crippen molar-refractivity contribution in [3.05, 3.63) is 47.1 Å². The quantitative estimate of drug-likeness (QED) is 0.936. The lowest BCUT2D eigenvalue weighted by Crippen LogP contribution is -2.37. The molecule has 4 nitrogen and oxygen atoms in total. The van der Waals surface area contributed by atoms with Crippen molar-refractivity contribution in [2.24, 2.45) is 0 Å². The molecule has 2 aromatic rings. The number of aromatic nitrogens is 2. The highest BCUT2D eigenvalue weighted by Crippen LogP contribution is 2.24. The third-order valence-electron chi connectivity index (χ3n) is 3.36. The van der Waals surface area contributed by atoms with Crippen LogP contribution in [0.2, 0.25) is 0 Å². The molecule has 0 amide bonds. The Kier molecular flexibility index (Phi) is 4.33. The van der Waals surface area contributed by atoms with Gasteiger partial charge in [-0.3, -0.25) is 0 Å². The summed E-state index contributed by atoms with van der Waals surface area (Å²) in [6.45, 7) is 9.95. The van der Waals surface area contributed by atoms with Crippen LogP contribution >= 0.6 is 0 Å². The Morgan fingerprint density at radius 1 is 1.14 bits per heavy atom. The number of nitrogens with zero attached hydrogens (tertiary/aromatic N) is 2. The van der Waals surface area contributed by atoms with Gasteiger partial charge in [0.1, 0.15) is 11.6 Å². The molecule has 1 aromatic carbocycles. The second-order valence-electron chi connectivity index (χ2n) is 6.89. The largest absolute Gasteiger partial charge is 0.339 e. The molecule has 2 rings (SSSR count). The molecule has 1 heterocycles. The number of benzene rings is 1. The van der Waals surface area contributed by atoms with E-state index in [1.807, 2.05) is 34.6 Å². The molecule has 1 N–H and O–H groups in total. The van der Waals surface area contributed by atoms with Gasteiger partial charge >= 0.3 is 0 Å². The van der Waals surface area contributed by atoms with E-state index in [9.17, 15) is 8.78 Å². The molecule has 0 fully saturated rings. The first kappa shape index (κ1) is 16.5. The first-order chi connectivity index (χ1) is 10.1. The van der Waals surface area contributed by atoms with Gasteiger partial charge in [-0.05, 0) is 19.9 Å². The van der Waals surface area contributed by atoms with E-state index in [2.05, 4.69) is 15.5 Å². The summed E-state index contributed by atoms with van der Waals surface area (Å²) in [6, 6.07) is 3.53. The minimum atomic E-state index is -0.603. The first-order valence-corrected chi connectivity index (χ1v) is 7.13. The van der Waals surface area contributed by atoms with Crippen molar-refractivity contribution in [1.82, 2.24) is 15.5 Å². The maximum Gasteiger partial charge on any atom is 0.232 e. The minimum absolute atomic E-state index is 0.232. The van der Waals surface area contributed by atoms with Crippen LogP contribution in [0, 0.1) is 11.6 Å². The van der Waals surface area contributed by atoms with Crippen LogP contribution in [0.15, 0.2) is 22.7 Å². The first-order valence-electron chi connectivity index (χ1n) is 7.13. The molecule has 6 heteroatoms. The van der Waals surface area contributed by atoms with Gasteiger partial charge in [0.15, 0.2) is 5.82 Å². The monoisotopic (exact) mass is 309 g/mol. The SMILES string of the molecule is CC(C)(C)c1nc(C(C)(C)NCc2ccc(F)cc2F)no1. The van der Waals surface area contributed by atoms with Crippen LogP contribution in [0.4, 0.5) is 8.78 Å². The Bertz CT molecular complexity index is 660. The summed E-state index contributed by atoms with van der Waals surface area (Å²) < 4.78 is 31.8. The molecule has 0 aliphatic rings. The van der Waals surface area contributed by atoms with Gasteiger partial charge in [0.05, 0.1) is 5.54 Å². The summed E-state index contributed by atoms with van der Waals surface area (Å²) in [6.07, 6.45) is 0.